The molecule has 0 radical (unpaired) electrons. The Bertz CT molecular complexity index is 914. The average Bonchev–Trinajstić information content (AvgIpc) is 3.42. The van der Waals surface area contributed by atoms with Gasteiger partial charge in [-0.3, -0.25) is 4.79 Å². The molecule has 1 atom stereocenters. The third-order valence-electron chi connectivity index (χ3n) is 4.95. The fourth-order valence-corrected chi connectivity index (χ4v) is 3.44. The molecule has 1 fully saturated rings. The van der Waals surface area contributed by atoms with E-state index in [1.807, 2.05) is 49.4 Å². The molecule has 2 aromatic heterocycles. The zero-order valence-corrected chi connectivity index (χ0v) is 16.7. The molecule has 4 rings (SSSR count). The SMILES string of the molecule is Cc1ccc(-c2nn(-c3ccccc3)cc2C(=O)NCCC2CCNC2)o1.Cl. The van der Waals surface area contributed by atoms with Crippen LogP contribution >= 0.6 is 12.4 Å². The number of aryl methyl sites for hydroxylation is 1. The Kier molecular flexibility index (Phi) is 6.54. The number of aromatic nitrogens is 2. The van der Waals surface area contributed by atoms with Crippen molar-refractivity contribution in [3.63, 3.8) is 0 Å². The monoisotopic (exact) mass is 400 g/mol. The first-order chi connectivity index (χ1) is 13.2. The highest BCUT2D eigenvalue weighted by atomic mass is 35.5. The van der Waals surface area contributed by atoms with Gasteiger partial charge in [-0.2, -0.15) is 5.10 Å². The molecule has 0 bridgehead atoms. The second-order valence-electron chi connectivity index (χ2n) is 6.99. The lowest BCUT2D eigenvalue weighted by atomic mass is 10.1. The third kappa shape index (κ3) is 4.46. The van der Waals surface area contributed by atoms with Gasteiger partial charge in [0.05, 0.1) is 11.3 Å². The standard InChI is InChI=1S/C21H24N4O2.ClH/c1-15-7-8-19(27-15)20-18(14-25(24-20)17-5-3-2-4-6-17)21(26)23-12-10-16-9-11-22-13-16;/h2-8,14,16,22H,9-13H2,1H3,(H,23,26);1H. The summed E-state index contributed by atoms with van der Waals surface area (Å²) in [7, 11) is 0. The molecular weight excluding hydrogens is 376 g/mol. The lowest BCUT2D eigenvalue weighted by Crippen LogP contribution is -2.26. The summed E-state index contributed by atoms with van der Waals surface area (Å²) in [5.74, 6) is 1.92. The number of carbonyl (C=O) groups is 1. The number of para-hydroxylation sites is 1. The molecule has 1 aliphatic heterocycles. The van der Waals surface area contributed by atoms with Crippen molar-refractivity contribution in [2.45, 2.75) is 19.8 Å². The summed E-state index contributed by atoms with van der Waals surface area (Å²) in [6.07, 6.45) is 3.94. The first-order valence-corrected chi connectivity index (χ1v) is 9.41. The normalized spacial score (nSPS) is 16.0. The van der Waals surface area contributed by atoms with Crippen LogP contribution in [0, 0.1) is 12.8 Å². The van der Waals surface area contributed by atoms with E-state index in [2.05, 4.69) is 15.7 Å². The van der Waals surface area contributed by atoms with Crippen molar-refractivity contribution in [3.05, 3.63) is 60.0 Å². The second kappa shape index (κ2) is 9.08. The Morgan fingerprint density at radius 2 is 2.11 bits per heavy atom. The molecule has 1 amide bonds. The molecule has 1 aromatic carbocycles. The van der Waals surface area contributed by atoms with E-state index in [1.54, 1.807) is 10.9 Å². The zero-order chi connectivity index (χ0) is 18.6. The number of benzene rings is 1. The number of nitrogens with one attached hydrogen (secondary N) is 2. The number of hydrogen-bond acceptors (Lipinski definition) is 4. The predicted molar refractivity (Wildman–Crippen MR) is 111 cm³/mol. The van der Waals surface area contributed by atoms with Gasteiger partial charge in [0.15, 0.2) is 5.76 Å². The van der Waals surface area contributed by atoms with Crippen LogP contribution in [0.3, 0.4) is 0 Å². The van der Waals surface area contributed by atoms with Crippen molar-refractivity contribution in [1.29, 1.82) is 0 Å². The fraction of sp³-hybridized carbons (Fsp3) is 0.333. The molecule has 0 spiro atoms. The third-order valence-corrected chi connectivity index (χ3v) is 4.95. The van der Waals surface area contributed by atoms with E-state index in [4.69, 9.17) is 4.42 Å². The van der Waals surface area contributed by atoms with Crippen LogP contribution in [0.15, 0.2) is 53.1 Å². The molecule has 6 nitrogen and oxygen atoms in total. The summed E-state index contributed by atoms with van der Waals surface area (Å²) in [6, 6.07) is 13.5. The maximum Gasteiger partial charge on any atom is 0.255 e. The molecule has 0 aliphatic carbocycles. The fourth-order valence-electron chi connectivity index (χ4n) is 3.44. The van der Waals surface area contributed by atoms with E-state index in [0.29, 0.717) is 29.5 Å². The summed E-state index contributed by atoms with van der Waals surface area (Å²) in [6.45, 7) is 4.66. The summed E-state index contributed by atoms with van der Waals surface area (Å²) in [4.78, 5) is 12.8. The molecule has 1 unspecified atom stereocenters. The van der Waals surface area contributed by atoms with Crippen molar-refractivity contribution in [2.75, 3.05) is 19.6 Å². The van der Waals surface area contributed by atoms with E-state index < -0.39 is 0 Å². The van der Waals surface area contributed by atoms with E-state index in [9.17, 15) is 4.79 Å². The lowest BCUT2D eigenvalue weighted by Gasteiger charge is -2.09. The molecule has 1 aliphatic rings. The first-order valence-electron chi connectivity index (χ1n) is 9.41. The minimum Gasteiger partial charge on any atom is -0.460 e. The van der Waals surface area contributed by atoms with Crippen LogP contribution in [0.2, 0.25) is 0 Å². The highest BCUT2D eigenvalue weighted by molar-refractivity contribution is 5.99. The number of halogens is 1. The van der Waals surface area contributed by atoms with E-state index in [-0.39, 0.29) is 18.3 Å². The minimum atomic E-state index is -0.118. The molecule has 28 heavy (non-hydrogen) atoms. The van der Waals surface area contributed by atoms with Gasteiger partial charge in [0.25, 0.3) is 5.91 Å². The van der Waals surface area contributed by atoms with Crippen molar-refractivity contribution in [2.24, 2.45) is 5.92 Å². The quantitative estimate of drug-likeness (QED) is 0.663. The predicted octanol–water partition coefficient (Wildman–Crippen LogP) is 3.59. The Balaban J connectivity index is 0.00000225. The number of hydrogen-bond donors (Lipinski definition) is 2. The van der Waals surface area contributed by atoms with E-state index in [0.717, 1.165) is 31.0 Å². The number of nitrogens with zero attached hydrogens (tertiary/aromatic N) is 2. The lowest BCUT2D eigenvalue weighted by molar-refractivity contribution is 0.0952. The molecule has 1 saturated heterocycles. The van der Waals surface area contributed by atoms with Crippen molar-refractivity contribution in [3.8, 4) is 17.1 Å². The van der Waals surface area contributed by atoms with Gasteiger partial charge >= 0.3 is 0 Å². The van der Waals surface area contributed by atoms with Gasteiger partial charge in [0, 0.05) is 12.7 Å². The summed E-state index contributed by atoms with van der Waals surface area (Å²) >= 11 is 0. The van der Waals surface area contributed by atoms with Gasteiger partial charge in [-0.15, -0.1) is 12.4 Å². The molecule has 3 aromatic rings. The van der Waals surface area contributed by atoms with Crippen molar-refractivity contribution < 1.29 is 9.21 Å². The smallest absolute Gasteiger partial charge is 0.255 e. The van der Waals surface area contributed by atoms with Crippen LogP contribution in [-0.4, -0.2) is 35.3 Å². The number of amides is 1. The Hall–Kier alpha value is -2.57. The van der Waals surface area contributed by atoms with E-state index in [1.165, 1.54) is 6.42 Å². The molecule has 3 heterocycles. The van der Waals surface area contributed by atoms with Gasteiger partial charge in [-0.1, -0.05) is 18.2 Å². The average molecular weight is 401 g/mol. The van der Waals surface area contributed by atoms with Crippen molar-refractivity contribution in [1.82, 2.24) is 20.4 Å². The topological polar surface area (TPSA) is 72.1 Å². The van der Waals surface area contributed by atoms with Gasteiger partial charge < -0.3 is 15.1 Å². The molecule has 2 N–H and O–H groups in total. The minimum absolute atomic E-state index is 0. The number of rotatable bonds is 6. The van der Waals surface area contributed by atoms with Gasteiger partial charge in [0.1, 0.15) is 11.5 Å². The Labute approximate surface area is 170 Å². The molecule has 0 saturated carbocycles. The van der Waals surface area contributed by atoms with E-state index >= 15 is 0 Å². The molecule has 148 valence electrons. The van der Waals surface area contributed by atoms with Gasteiger partial charge in [-0.05, 0) is 63.0 Å². The van der Waals surface area contributed by atoms with Crippen LogP contribution in [0.1, 0.15) is 29.0 Å². The number of furan rings is 1. The van der Waals surface area contributed by atoms with Crippen LogP contribution in [0.4, 0.5) is 0 Å². The summed E-state index contributed by atoms with van der Waals surface area (Å²) in [5.41, 5.74) is 1.99. The first kappa shape index (κ1) is 20.2. The van der Waals surface area contributed by atoms with Crippen LogP contribution in [0.25, 0.3) is 17.1 Å². The maximum absolute atomic E-state index is 12.8. The largest absolute Gasteiger partial charge is 0.460 e. The van der Waals surface area contributed by atoms with Crippen LogP contribution in [-0.2, 0) is 0 Å². The van der Waals surface area contributed by atoms with Gasteiger partial charge in [0.2, 0.25) is 0 Å². The van der Waals surface area contributed by atoms with Gasteiger partial charge in [-0.25, -0.2) is 4.68 Å². The molecule has 7 heteroatoms. The van der Waals surface area contributed by atoms with Crippen molar-refractivity contribution >= 4 is 18.3 Å². The second-order valence-corrected chi connectivity index (χ2v) is 6.99. The summed E-state index contributed by atoms with van der Waals surface area (Å²) < 4.78 is 7.46. The zero-order valence-electron chi connectivity index (χ0n) is 15.9. The highest BCUT2D eigenvalue weighted by Gasteiger charge is 2.21. The van der Waals surface area contributed by atoms with Crippen LogP contribution in [0.5, 0.6) is 0 Å². The van der Waals surface area contributed by atoms with Crippen LogP contribution < -0.4 is 10.6 Å². The summed E-state index contributed by atoms with van der Waals surface area (Å²) in [5, 5.41) is 11.0. The Morgan fingerprint density at radius 1 is 1.29 bits per heavy atom. The number of carbonyl (C=O) groups excluding carboxylic acids is 1. The molecular formula is C21H25ClN4O2. The highest BCUT2D eigenvalue weighted by Crippen LogP contribution is 2.25. The Morgan fingerprint density at radius 3 is 2.79 bits per heavy atom. The maximum atomic E-state index is 12.8.